The summed E-state index contributed by atoms with van der Waals surface area (Å²) in [4.78, 5) is 37.2. The van der Waals surface area contributed by atoms with Crippen LogP contribution >= 0.6 is 43.5 Å². The van der Waals surface area contributed by atoms with Crippen LogP contribution in [0, 0.1) is 17.8 Å². The lowest BCUT2D eigenvalue weighted by atomic mass is 9.78. The zero-order valence-corrected chi connectivity index (χ0v) is 36.2. The Morgan fingerprint density at radius 3 is 2.04 bits per heavy atom. The number of carbonyl (C=O) groups excluding carboxylic acids is 2. The van der Waals surface area contributed by atoms with Crippen molar-refractivity contribution in [3.8, 4) is 0 Å². The van der Waals surface area contributed by atoms with Gasteiger partial charge >= 0.3 is 6.09 Å². The Morgan fingerprint density at radius 1 is 0.922 bits per heavy atom. The van der Waals surface area contributed by atoms with E-state index in [0.717, 1.165) is 92.7 Å². The van der Waals surface area contributed by atoms with E-state index in [1.165, 1.54) is 16.7 Å². The van der Waals surface area contributed by atoms with Gasteiger partial charge in [0.25, 0.3) is 0 Å². The fourth-order valence-electron chi connectivity index (χ4n) is 7.98. The average Bonchev–Trinajstić information content (AvgIpc) is 3.30. The summed E-state index contributed by atoms with van der Waals surface area (Å²) in [5.74, 6) is 1.97. The van der Waals surface area contributed by atoms with E-state index in [1.54, 1.807) is 4.90 Å². The molecule has 10 heteroatoms. The molecule has 0 N–H and O–H groups in total. The van der Waals surface area contributed by atoms with Crippen LogP contribution < -0.4 is 0 Å². The molecule has 0 spiro atoms. The van der Waals surface area contributed by atoms with Crippen molar-refractivity contribution in [2.24, 2.45) is 22.7 Å². The smallest absolute Gasteiger partial charge is 0.410 e. The zero-order valence-electron chi connectivity index (χ0n) is 32.3. The molecule has 3 saturated heterocycles. The number of hydrogen-bond donors (Lipinski definition) is 0. The van der Waals surface area contributed by atoms with Gasteiger partial charge in [-0.15, -0.1) is 0 Å². The van der Waals surface area contributed by atoms with E-state index in [-0.39, 0.29) is 18.0 Å². The van der Waals surface area contributed by atoms with Gasteiger partial charge in [-0.1, -0.05) is 73.9 Å². The van der Waals surface area contributed by atoms with Crippen LogP contribution in [0.2, 0.25) is 5.02 Å². The fraction of sp³-hybridized carbons (Fsp3) is 0.683. The Labute approximate surface area is 330 Å². The summed E-state index contributed by atoms with van der Waals surface area (Å²) in [5, 5.41) is 1.46. The van der Waals surface area contributed by atoms with Crippen LogP contribution in [-0.2, 0) is 16.0 Å². The van der Waals surface area contributed by atoms with Crippen molar-refractivity contribution in [3.63, 3.8) is 0 Å². The molecule has 5 rings (SSSR count). The number of likely N-dealkylation sites (tertiary alicyclic amines) is 3. The average molecular weight is 855 g/mol. The first-order valence-electron chi connectivity index (χ1n) is 19.4. The Kier molecular flexibility index (Phi) is 18.2. The Bertz CT molecular complexity index is 1350. The number of hydrogen-bond acceptors (Lipinski definition) is 5. The summed E-state index contributed by atoms with van der Waals surface area (Å²) in [7, 11) is 0. The van der Waals surface area contributed by atoms with Crippen LogP contribution in [-0.4, -0.2) is 83.1 Å². The maximum atomic E-state index is 13.3. The molecule has 0 aromatic heterocycles. The summed E-state index contributed by atoms with van der Waals surface area (Å²) in [6, 6.07) is 4.28. The van der Waals surface area contributed by atoms with Crippen molar-refractivity contribution in [3.05, 3.63) is 56.7 Å². The van der Waals surface area contributed by atoms with Gasteiger partial charge in [-0.3, -0.25) is 14.7 Å². The number of fused-ring (bicyclic) bond motifs is 1. The monoisotopic (exact) mass is 852 g/mol. The number of halogens is 3. The van der Waals surface area contributed by atoms with E-state index in [2.05, 4.69) is 54.3 Å². The van der Waals surface area contributed by atoms with Crippen molar-refractivity contribution in [2.45, 2.75) is 118 Å². The lowest BCUT2D eigenvalue weighted by molar-refractivity contribution is -0.134. The molecule has 0 bridgehead atoms. The number of aliphatic imine (C=N–C) groups is 1. The van der Waals surface area contributed by atoms with Gasteiger partial charge in [-0.2, -0.15) is 0 Å². The van der Waals surface area contributed by atoms with Crippen molar-refractivity contribution >= 4 is 61.7 Å². The van der Waals surface area contributed by atoms with Crippen LogP contribution in [0.1, 0.15) is 117 Å². The highest BCUT2D eigenvalue weighted by molar-refractivity contribution is 9.10. The van der Waals surface area contributed by atoms with Crippen molar-refractivity contribution in [1.82, 2.24) is 14.7 Å². The second-order valence-electron chi connectivity index (χ2n) is 14.6. The predicted octanol–water partition coefficient (Wildman–Crippen LogP) is 11.0. The third kappa shape index (κ3) is 11.9. The summed E-state index contributed by atoms with van der Waals surface area (Å²) in [5.41, 5.74) is 4.39. The summed E-state index contributed by atoms with van der Waals surface area (Å²) in [6.45, 7) is 22.9. The van der Waals surface area contributed by atoms with Gasteiger partial charge in [0.1, 0.15) is 5.60 Å². The first-order valence-corrected chi connectivity index (χ1v) is 21.7. The molecule has 0 radical (unpaired) electrons. The van der Waals surface area contributed by atoms with Crippen LogP contribution in [0.15, 0.2) is 45.5 Å². The highest BCUT2D eigenvalue weighted by Gasteiger charge is 2.37. The second-order valence-corrected chi connectivity index (χ2v) is 16.5. The molecule has 0 saturated carbocycles. The largest absolute Gasteiger partial charge is 0.444 e. The normalized spacial score (nSPS) is 21.3. The minimum atomic E-state index is -0.487. The molecule has 1 unspecified atom stereocenters. The molecule has 51 heavy (non-hydrogen) atoms. The molecular weight excluding hydrogens is 792 g/mol. The number of alkyl halides is 1. The molecule has 1 aliphatic carbocycles. The molecule has 4 aliphatic rings. The zero-order chi connectivity index (χ0) is 37.7. The van der Waals surface area contributed by atoms with Crippen LogP contribution in [0.4, 0.5) is 4.79 Å². The number of rotatable bonds is 7. The quantitative estimate of drug-likeness (QED) is 0.202. The van der Waals surface area contributed by atoms with Gasteiger partial charge < -0.3 is 14.5 Å². The topological polar surface area (TPSA) is 65.5 Å². The predicted molar refractivity (Wildman–Crippen MR) is 221 cm³/mol. The molecule has 3 heterocycles. The first kappa shape index (κ1) is 43.7. The number of piperidine rings is 3. The van der Waals surface area contributed by atoms with E-state index < -0.39 is 5.60 Å². The van der Waals surface area contributed by atoms with Crippen LogP contribution in [0.25, 0.3) is 0 Å². The Morgan fingerprint density at radius 2 is 1.49 bits per heavy atom. The molecular formula is C41H63Br2ClN4O3. The Hall–Kier alpha value is -1.68. The highest BCUT2D eigenvalue weighted by Crippen LogP contribution is 2.45. The van der Waals surface area contributed by atoms with E-state index in [0.29, 0.717) is 42.6 Å². The second kappa shape index (κ2) is 21.3. The number of amides is 2. The van der Waals surface area contributed by atoms with Crippen molar-refractivity contribution < 1.29 is 14.3 Å². The number of allylic oxidation sites excluding steroid dienone is 2. The van der Waals surface area contributed by atoms with Crippen LogP contribution in [0.3, 0.4) is 0 Å². The summed E-state index contributed by atoms with van der Waals surface area (Å²) in [6.07, 6.45) is 12.3. The SMILES string of the molecule is C=CC1=C(N=CCBr)C(N2CCC(C3CCN(C(=O)CC4CCN(C(=O)OC(C)(C)C)CC4)CC3)CC2)c2ccc(Cl)c(Br)c2CC1.CC.CC. The number of ether oxygens (including phenoxy) is 1. The maximum Gasteiger partial charge on any atom is 0.410 e. The minimum Gasteiger partial charge on any atom is -0.444 e. The lowest BCUT2D eigenvalue weighted by Crippen LogP contribution is -2.45. The molecule has 7 nitrogen and oxygen atoms in total. The van der Waals surface area contributed by atoms with Crippen molar-refractivity contribution in [1.29, 1.82) is 0 Å². The Balaban J connectivity index is 0.00000169. The molecule has 3 fully saturated rings. The summed E-state index contributed by atoms with van der Waals surface area (Å²) < 4.78 is 6.53. The minimum absolute atomic E-state index is 0.0702. The lowest BCUT2D eigenvalue weighted by Gasteiger charge is -2.43. The fourth-order valence-corrected chi connectivity index (χ4v) is 8.86. The third-order valence-corrected chi connectivity index (χ3v) is 12.3. The standard InChI is InChI=1S/C37H51Br2ClN4O3.2C2H6/c1-5-26-6-7-29-30(8-9-31(40)33(29)39)35(34(26)41-17-16-38)43-22-14-28(15-23-43)27-12-20-42(21-13-27)32(45)24-25-10-18-44(19-11-25)36(46)47-37(2,3)4;2*1-2/h5,8-9,17,25,27-28,35H,1,6-7,10-16,18-24H2,2-4H3;2*1-2H3. The van der Waals surface area contributed by atoms with E-state index in [1.807, 2.05) is 66.8 Å². The first-order chi connectivity index (χ1) is 24.5. The molecule has 1 atom stereocenters. The molecule has 2 amide bonds. The molecule has 286 valence electrons. The number of carbonyl (C=O) groups is 2. The molecule has 1 aromatic carbocycles. The van der Waals surface area contributed by atoms with E-state index >= 15 is 0 Å². The maximum absolute atomic E-state index is 13.3. The van der Waals surface area contributed by atoms with Gasteiger partial charge in [0.2, 0.25) is 5.91 Å². The summed E-state index contributed by atoms with van der Waals surface area (Å²) >= 11 is 13.9. The van der Waals surface area contributed by atoms with Crippen molar-refractivity contribution in [2.75, 3.05) is 44.6 Å². The van der Waals surface area contributed by atoms with Gasteiger partial charge in [-0.25, -0.2) is 4.79 Å². The van der Waals surface area contributed by atoms with E-state index in [9.17, 15) is 9.59 Å². The van der Waals surface area contributed by atoms with Gasteiger partial charge in [-0.05, 0) is 142 Å². The van der Waals surface area contributed by atoms with Crippen LogP contribution in [0.5, 0.6) is 0 Å². The van der Waals surface area contributed by atoms with E-state index in [4.69, 9.17) is 21.3 Å². The van der Waals surface area contributed by atoms with Gasteiger partial charge in [0.15, 0.2) is 0 Å². The number of nitrogens with zero attached hydrogens (tertiary/aromatic N) is 4. The van der Waals surface area contributed by atoms with Gasteiger partial charge in [0, 0.05) is 48.6 Å². The third-order valence-electron chi connectivity index (χ3n) is 10.5. The van der Waals surface area contributed by atoms with Gasteiger partial charge in [0.05, 0.1) is 16.8 Å². The highest BCUT2D eigenvalue weighted by atomic mass is 79.9. The molecule has 1 aromatic rings. The number of benzene rings is 1. The molecule has 3 aliphatic heterocycles.